The summed E-state index contributed by atoms with van der Waals surface area (Å²) in [5.41, 5.74) is -0.00797. The second-order valence-electron chi connectivity index (χ2n) is 7.92. The highest BCUT2D eigenvalue weighted by atomic mass is 32.2. The van der Waals surface area contributed by atoms with Crippen LogP contribution in [0.2, 0.25) is 0 Å². The topological polar surface area (TPSA) is 87.2 Å². The Hall–Kier alpha value is -1.16. The molecule has 152 valence electrons. The van der Waals surface area contributed by atoms with E-state index in [1.807, 2.05) is 9.36 Å². The Morgan fingerprint density at radius 3 is 1.44 bits per heavy atom. The van der Waals surface area contributed by atoms with Crippen LogP contribution in [-0.4, -0.2) is 63.4 Å². The molecule has 0 unspecified atom stereocenters. The summed E-state index contributed by atoms with van der Waals surface area (Å²) in [7, 11) is 0. The Labute approximate surface area is 170 Å². The van der Waals surface area contributed by atoms with Crippen LogP contribution in [0, 0.1) is 0 Å². The minimum atomic E-state index is -0.00398. The highest BCUT2D eigenvalue weighted by Crippen LogP contribution is 2.23. The molecular formula is C17H32N8S2. The summed E-state index contributed by atoms with van der Waals surface area (Å²) in [6.07, 6.45) is 9.26. The number of aromatic nitrogens is 8. The van der Waals surface area contributed by atoms with Gasteiger partial charge in [0.1, 0.15) is 12.7 Å². The van der Waals surface area contributed by atoms with Crippen LogP contribution in [0.15, 0.2) is 12.7 Å². The van der Waals surface area contributed by atoms with Crippen molar-refractivity contribution in [3.8, 4) is 0 Å². The van der Waals surface area contributed by atoms with Crippen LogP contribution < -0.4 is 0 Å². The Morgan fingerprint density at radius 2 is 1.07 bits per heavy atom. The summed E-state index contributed by atoms with van der Waals surface area (Å²) in [4.78, 5) is 0. The van der Waals surface area contributed by atoms with Crippen LogP contribution in [0.1, 0.15) is 59.8 Å². The molecule has 0 saturated heterocycles. The second-order valence-corrected chi connectivity index (χ2v) is 10.4. The number of hydrogen-bond acceptors (Lipinski definition) is 8. The van der Waals surface area contributed by atoms with Crippen molar-refractivity contribution in [1.82, 2.24) is 40.4 Å². The maximum atomic E-state index is 4.02. The average Bonchev–Trinajstić information content (AvgIpc) is 3.33. The Morgan fingerprint density at radius 1 is 0.667 bits per heavy atom. The van der Waals surface area contributed by atoms with Crippen LogP contribution in [0.3, 0.4) is 0 Å². The SMILES string of the molecule is CC(C)(CCCSCCCSCCCC(C)(C)n1cnnn1)n1cnnn1. The van der Waals surface area contributed by atoms with Crippen molar-refractivity contribution in [2.75, 3.05) is 23.0 Å². The first-order chi connectivity index (χ1) is 12.9. The first kappa shape index (κ1) is 22.1. The van der Waals surface area contributed by atoms with E-state index in [4.69, 9.17) is 0 Å². The predicted molar refractivity (Wildman–Crippen MR) is 112 cm³/mol. The standard InChI is InChI=1S/C17H32N8S2/c1-16(2,24-14-18-20-22-24)8-5-10-26-12-7-13-27-11-6-9-17(3,4)25-15-19-21-23-25/h14-15H,5-13H2,1-4H3. The number of tetrazole rings is 2. The minimum absolute atomic E-state index is 0.00398. The van der Waals surface area contributed by atoms with Crippen molar-refractivity contribution in [2.45, 2.75) is 70.9 Å². The first-order valence-corrected chi connectivity index (χ1v) is 11.9. The summed E-state index contributed by atoms with van der Waals surface area (Å²) in [5, 5.41) is 22.9. The summed E-state index contributed by atoms with van der Waals surface area (Å²) in [6.45, 7) is 8.74. The van der Waals surface area contributed by atoms with Gasteiger partial charge in [0.15, 0.2) is 0 Å². The lowest BCUT2D eigenvalue weighted by atomic mass is 10.00. The Kier molecular flexibility index (Phi) is 9.01. The molecule has 0 aliphatic heterocycles. The van der Waals surface area contributed by atoms with Gasteiger partial charge in [-0.3, -0.25) is 0 Å². The monoisotopic (exact) mass is 412 g/mol. The van der Waals surface area contributed by atoms with Gasteiger partial charge in [0.05, 0.1) is 11.1 Å². The number of hydrogen-bond donors (Lipinski definition) is 0. The Balaban J connectivity index is 1.42. The van der Waals surface area contributed by atoms with Crippen molar-refractivity contribution in [1.29, 1.82) is 0 Å². The van der Waals surface area contributed by atoms with Crippen LogP contribution in [-0.2, 0) is 11.1 Å². The van der Waals surface area contributed by atoms with Gasteiger partial charge in [0.2, 0.25) is 0 Å². The van der Waals surface area contributed by atoms with Gasteiger partial charge >= 0.3 is 0 Å². The highest BCUT2D eigenvalue weighted by molar-refractivity contribution is 8.00. The zero-order valence-electron chi connectivity index (χ0n) is 16.9. The average molecular weight is 413 g/mol. The molecule has 10 heteroatoms. The number of thioether (sulfide) groups is 2. The van der Waals surface area contributed by atoms with Crippen molar-refractivity contribution in [2.24, 2.45) is 0 Å². The van der Waals surface area contributed by atoms with Gasteiger partial charge in [-0.15, -0.1) is 10.2 Å². The molecule has 2 aromatic rings. The van der Waals surface area contributed by atoms with Crippen LogP contribution in [0.25, 0.3) is 0 Å². The van der Waals surface area contributed by atoms with Gasteiger partial charge < -0.3 is 0 Å². The zero-order chi connectivity index (χ0) is 19.6. The van der Waals surface area contributed by atoms with E-state index in [0.29, 0.717) is 0 Å². The predicted octanol–water partition coefficient (Wildman–Crippen LogP) is 3.25. The quantitative estimate of drug-likeness (QED) is 0.437. The van der Waals surface area contributed by atoms with Crippen LogP contribution in [0.4, 0.5) is 0 Å². The second kappa shape index (κ2) is 11.0. The molecule has 0 saturated carbocycles. The lowest BCUT2D eigenvalue weighted by Gasteiger charge is -2.23. The van der Waals surface area contributed by atoms with Gasteiger partial charge in [-0.2, -0.15) is 23.5 Å². The van der Waals surface area contributed by atoms with Crippen LogP contribution in [0.5, 0.6) is 0 Å². The molecule has 0 bridgehead atoms. The molecule has 0 aromatic carbocycles. The van der Waals surface area contributed by atoms with E-state index in [-0.39, 0.29) is 11.1 Å². The summed E-state index contributed by atoms with van der Waals surface area (Å²) in [6, 6.07) is 0. The zero-order valence-corrected chi connectivity index (χ0v) is 18.5. The molecule has 0 aliphatic rings. The molecule has 0 fully saturated rings. The first-order valence-electron chi connectivity index (χ1n) is 9.54. The largest absolute Gasteiger partial charge is 0.227 e. The Bertz CT molecular complexity index is 559. The van der Waals surface area contributed by atoms with Gasteiger partial charge in [0, 0.05) is 0 Å². The van der Waals surface area contributed by atoms with E-state index >= 15 is 0 Å². The van der Waals surface area contributed by atoms with Crippen molar-refractivity contribution in [3.63, 3.8) is 0 Å². The van der Waals surface area contributed by atoms with E-state index in [0.717, 1.165) is 12.8 Å². The lowest BCUT2D eigenvalue weighted by Crippen LogP contribution is -2.27. The third-order valence-electron chi connectivity index (χ3n) is 4.67. The normalized spacial score (nSPS) is 12.6. The maximum Gasteiger partial charge on any atom is 0.138 e. The van der Waals surface area contributed by atoms with Gasteiger partial charge in [-0.25, -0.2) is 9.36 Å². The van der Waals surface area contributed by atoms with E-state index in [1.165, 1.54) is 42.3 Å². The lowest BCUT2D eigenvalue weighted by molar-refractivity contribution is 0.287. The summed E-state index contributed by atoms with van der Waals surface area (Å²) < 4.78 is 3.71. The molecule has 8 nitrogen and oxygen atoms in total. The molecule has 2 rings (SSSR count). The fraction of sp³-hybridized carbons (Fsp3) is 0.882. The molecule has 0 N–H and O–H groups in total. The molecule has 27 heavy (non-hydrogen) atoms. The highest BCUT2D eigenvalue weighted by Gasteiger charge is 2.21. The summed E-state index contributed by atoms with van der Waals surface area (Å²) in [5.74, 6) is 4.90. The smallest absolute Gasteiger partial charge is 0.138 e. The molecule has 0 radical (unpaired) electrons. The number of nitrogens with zero attached hydrogens (tertiary/aromatic N) is 8. The molecule has 0 atom stereocenters. The maximum absolute atomic E-state index is 4.02. The number of rotatable bonds is 14. The third-order valence-corrected chi connectivity index (χ3v) is 6.98. The molecule has 0 amide bonds. The van der Waals surface area contributed by atoms with E-state index in [1.54, 1.807) is 12.7 Å². The van der Waals surface area contributed by atoms with Crippen LogP contribution >= 0.6 is 23.5 Å². The molecular weight excluding hydrogens is 380 g/mol. The fourth-order valence-corrected chi connectivity index (χ4v) is 4.77. The summed E-state index contributed by atoms with van der Waals surface area (Å²) >= 11 is 4.12. The molecule has 2 heterocycles. The molecule has 0 spiro atoms. The van der Waals surface area contributed by atoms with Crippen molar-refractivity contribution >= 4 is 23.5 Å². The van der Waals surface area contributed by atoms with Gasteiger partial charge in [0.25, 0.3) is 0 Å². The van der Waals surface area contributed by atoms with Gasteiger partial charge in [-0.05, 0) is 104 Å². The fourth-order valence-electron chi connectivity index (χ4n) is 2.79. The van der Waals surface area contributed by atoms with Gasteiger partial charge in [-0.1, -0.05) is 0 Å². The molecule has 2 aromatic heterocycles. The van der Waals surface area contributed by atoms with E-state index in [9.17, 15) is 0 Å². The van der Waals surface area contributed by atoms with Crippen molar-refractivity contribution < 1.29 is 0 Å². The van der Waals surface area contributed by atoms with E-state index in [2.05, 4.69) is 82.3 Å². The minimum Gasteiger partial charge on any atom is -0.227 e. The third kappa shape index (κ3) is 7.77. The van der Waals surface area contributed by atoms with E-state index < -0.39 is 0 Å². The molecule has 0 aliphatic carbocycles. The van der Waals surface area contributed by atoms with Crippen molar-refractivity contribution in [3.05, 3.63) is 12.7 Å².